The molecule has 148 valence electrons. The monoisotopic (exact) mass is 851 g/mol. The zero-order valence-electron chi connectivity index (χ0n) is 12.9. The van der Waals surface area contributed by atoms with Crippen molar-refractivity contribution in [2.24, 2.45) is 0 Å². The molecule has 4 atom stereocenters. The molecule has 0 fully saturated rings. The van der Waals surface area contributed by atoms with Crippen LogP contribution in [0.1, 0.15) is 0 Å². The molecule has 0 aliphatic heterocycles. The van der Waals surface area contributed by atoms with Gasteiger partial charge in [0.15, 0.2) is 15.2 Å². The standard InChI is InChI=1S/2C2H6Cl2O6P2.3Cd/c2*3-1-10-12(8,9)2(4)11(5,6)7;;;/h2*2H,1H2,(H,8,9)(H2,5,6,7);;;/q;;3*+2/p-6. The Morgan fingerprint density at radius 2 is 0.815 bits per heavy atom. The van der Waals surface area contributed by atoms with Crippen molar-refractivity contribution >= 4 is 76.8 Å². The summed E-state index contributed by atoms with van der Waals surface area (Å²) in [4.78, 5) is 56.4. The smallest absolute Gasteiger partial charge is 0.809 e. The second-order valence-corrected chi connectivity index (χ2v) is 13.5. The Morgan fingerprint density at radius 3 is 0.926 bits per heavy atom. The normalized spacial score (nSPS) is 17.9. The van der Waals surface area contributed by atoms with E-state index in [9.17, 15) is 47.6 Å². The average molecular weight is 849 g/mol. The minimum atomic E-state index is -5.40. The average Bonchev–Trinajstić information content (AvgIpc) is 2.35. The van der Waals surface area contributed by atoms with Gasteiger partial charge in [-0.25, -0.2) is 0 Å². The summed E-state index contributed by atoms with van der Waals surface area (Å²) in [6, 6.07) is -1.58. The first-order valence-electron chi connectivity index (χ1n) is 4.77. The molecule has 0 saturated carbocycles. The Bertz CT molecular complexity index is 535. The van der Waals surface area contributed by atoms with Gasteiger partial charge in [0.25, 0.3) is 0 Å². The molecule has 0 aromatic heterocycles. The second kappa shape index (κ2) is 17.9. The van der Waals surface area contributed by atoms with Gasteiger partial charge >= 0.3 is 81.9 Å². The summed E-state index contributed by atoms with van der Waals surface area (Å²) in [5, 5.41) is 0. The number of hydrogen-bond donors (Lipinski definition) is 0. The van der Waals surface area contributed by atoms with Gasteiger partial charge in [-0.05, 0) is 15.2 Å². The quantitative estimate of drug-likeness (QED) is 0.153. The van der Waals surface area contributed by atoms with Crippen LogP contribution in [0.2, 0.25) is 0 Å². The molecule has 0 aliphatic carbocycles. The first-order valence-corrected chi connectivity index (χ1v) is 13.2. The molecule has 23 heteroatoms. The molecule has 12 nitrogen and oxygen atoms in total. The molecule has 0 aliphatic rings. The van der Waals surface area contributed by atoms with Gasteiger partial charge in [-0.15, -0.1) is 23.2 Å². The molecule has 0 spiro atoms. The Labute approximate surface area is 234 Å². The second-order valence-electron chi connectivity index (χ2n) is 3.26. The van der Waals surface area contributed by atoms with Crippen LogP contribution in [0.5, 0.6) is 0 Å². The summed E-state index contributed by atoms with van der Waals surface area (Å²) in [5.41, 5.74) is 0. The molecule has 27 heavy (non-hydrogen) atoms. The molecule has 0 rings (SSSR count). The molecule has 0 bridgehead atoms. The maximum atomic E-state index is 10.6. The maximum Gasteiger partial charge on any atom is 2.00 e. The van der Waals surface area contributed by atoms with Gasteiger partial charge in [0.2, 0.25) is 0 Å². The van der Waals surface area contributed by atoms with E-state index < -0.39 is 52.2 Å². The van der Waals surface area contributed by atoms with Crippen LogP contribution in [0.3, 0.4) is 0 Å². The number of hydrogen-bond acceptors (Lipinski definition) is 12. The van der Waals surface area contributed by atoms with Crippen LogP contribution in [0.4, 0.5) is 0 Å². The van der Waals surface area contributed by atoms with E-state index in [1.807, 2.05) is 0 Å². The maximum absolute atomic E-state index is 10.6. The largest absolute Gasteiger partial charge is 2.00 e. The van der Waals surface area contributed by atoms with Gasteiger partial charge in [-0.2, -0.15) is 0 Å². The van der Waals surface area contributed by atoms with Crippen LogP contribution in [-0.2, 0) is 109 Å². The molecule has 0 aromatic carbocycles. The summed E-state index contributed by atoms with van der Waals surface area (Å²) in [7, 11) is -20.6. The third-order valence-electron chi connectivity index (χ3n) is 1.50. The minimum Gasteiger partial charge on any atom is -0.809 e. The minimum absolute atomic E-state index is 0. The van der Waals surface area contributed by atoms with Gasteiger partial charge in [0.05, 0.1) is 0 Å². The van der Waals surface area contributed by atoms with Crippen molar-refractivity contribution in [1.82, 2.24) is 0 Å². The van der Waals surface area contributed by atoms with Crippen molar-refractivity contribution in [2.45, 2.75) is 9.72 Å². The Balaban J connectivity index is -0.000000108. The van der Waals surface area contributed by atoms with Crippen LogP contribution in [0.15, 0.2) is 0 Å². The van der Waals surface area contributed by atoms with Gasteiger partial charge in [0, 0.05) is 0 Å². The van der Waals surface area contributed by atoms with Crippen molar-refractivity contribution < 1.29 is 139 Å². The third-order valence-corrected chi connectivity index (χ3v) is 11.4. The van der Waals surface area contributed by atoms with E-state index >= 15 is 0 Å². The number of halogens is 4. The van der Waals surface area contributed by atoms with Crippen molar-refractivity contribution in [3.8, 4) is 0 Å². The summed E-state index contributed by atoms with van der Waals surface area (Å²) < 4.78 is 48.9. The van der Waals surface area contributed by atoms with Crippen LogP contribution >= 0.6 is 76.8 Å². The van der Waals surface area contributed by atoms with E-state index in [0.29, 0.717) is 0 Å². The summed E-state index contributed by atoms with van der Waals surface area (Å²) in [6.07, 6.45) is 0. The van der Waals surface area contributed by atoms with E-state index in [-0.39, 0.29) is 81.9 Å². The summed E-state index contributed by atoms with van der Waals surface area (Å²) >= 11 is 19.2. The molecule has 0 saturated heterocycles. The number of alkyl halides is 4. The van der Waals surface area contributed by atoms with E-state index in [4.69, 9.17) is 46.4 Å². The number of rotatable bonds is 8. The van der Waals surface area contributed by atoms with E-state index in [0.717, 1.165) is 0 Å². The Hall–Kier alpha value is 4.53. The summed E-state index contributed by atoms with van der Waals surface area (Å²) in [6.45, 7) is 0. The van der Waals surface area contributed by atoms with Crippen molar-refractivity contribution in [1.29, 1.82) is 0 Å². The van der Waals surface area contributed by atoms with E-state index in [1.54, 1.807) is 0 Å². The molecule has 0 heterocycles. The molecular weight excluding hydrogens is 843 g/mol. The Morgan fingerprint density at radius 1 is 0.630 bits per heavy atom. The van der Waals surface area contributed by atoms with Gasteiger partial charge in [0.1, 0.15) is 21.9 Å². The van der Waals surface area contributed by atoms with Crippen molar-refractivity contribution in [2.75, 3.05) is 12.1 Å². The van der Waals surface area contributed by atoms with Crippen molar-refractivity contribution in [3.05, 3.63) is 0 Å². The molecule has 0 aromatic rings. The first kappa shape index (κ1) is 41.8. The Kier molecular flexibility index (Phi) is 27.7. The van der Waals surface area contributed by atoms with Crippen LogP contribution < -0.4 is 29.4 Å². The molecule has 0 radical (unpaired) electrons. The predicted octanol–water partition coefficient (Wildman–Crippen LogP) is -1.63. The van der Waals surface area contributed by atoms with Crippen molar-refractivity contribution in [3.63, 3.8) is 0 Å². The zero-order valence-corrected chi connectivity index (χ0v) is 31.6. The first-order chi connectivity index (χ1) is 10.4. The van der Waals surface area contributed by atoms with Gasteiger partial charge in [-0.3, -0.25) is 0 Å². The topological polar surface area (TPSA) is 225 Å². The molecule has 0 amide bonds. The van der Waals surface area contributed by atoms with Crippen LogP contribution in [-0.4, -0.2) is 21.9 Å². The fraction of sp³-hybridized carbons (Fsp3) is 1.00. The predicted molar refractivity (Wildman–Crippen MR) is 73.3 cm³/mol. The van der Waals surface area contributed by atoms with E-state index in [2.05, 4.69) is 9.05 Å². The SMILES string of the molecule is O=P([O-])([O-])C(Cl)P(=O)([O-])OCCl.O=P([O-])([O-])C(Cl)P(=O)([O-])OCCl.[Cd+2].[Cd+2].[Cd+2]. The third kappa shape index (κ3) is 18.6. The molecule has 0 N–H and O–H groups in total. The van der Waals surface area contributed by atoms with Gasteiger partial charge in [-0.1, -0.05) is 23.2 Å². The summed E-state index contributed by atoms with van der Waals surface area (Å²) in [5.74, 6) is 0. The fourth-order valence-electron chi connectivity index (χ4n) is 0.605. The molecular formula is C4H6Cd3Cl4O12P4. The van der Waals surface area contributed by atoms with Crippen LogP contribution in [0, 0.1) is 0 Å². The fourth-order valence-corrected chi connectivity index (χ4v) is 5.45. The molecule has 4 unspecified atom stereocenters. The van der Waals surface area contributed by atoms with E-state index in [1.165, 1.54) is 0 Å². The zero-order chi connectivity index (χ0) is 20.0. The van der Waals surface area contributed by atoms with Crippen LogP contribution in [0.25, 0.3) is 0 Å². The van der Waals surface area contributed by atoms with Gasteiger partial charge < -0.3 is 56.7 Å².